The average Bonchev–Trinajstić information content (AvgIpc) is 3.30. The smallest absolute Gasteiger partial charge is 0.333 e. The van der Waals surface area contributed by atoms with E-state index in [1.165, 1.54) is 0 Å². The van der Waals surface area contributed by atoms with Crippen molar-refractivity contribution in [2.75, 3.05) is 6.61 Å². The van der Waals surface area contributed by atoms with Gasteiger partial charge in [-0.25, -0.2) is 9.78 Å². The highest BCUT2D eigenvalue weighted by Gasteiger charge is 2.18. The number of aliphatic carboxylic acids is 1. The minimum absolute atomic E-state index is 0.302. The molecule has 0 unspecified atom stereocenters. The van der Waals surface area contributed by atoms with Crippen LogP contribution in [0.1, 0.15) is 23.9 Å². The molecule has 1 atom stereocenters. The van der Waals surface area contributed by atoms with E-state index in [9.17, 15) is 4.79 Å². The van der Waals surface area contributed by atoms with Crippen LogP contribution in [0.5, 0.6) is 5.75 Å². The molecule has 0 aliphatic rings. The summed E-state index contributed by atoms with van der Waals surface area (Å²) in [5, 5.41) is 11.1. The predicted molar refractivity (Wildman–Crippen MR) is 102 cm³/mol. The third-order valence-electron chi connectivity index (χ3n) is 3.99. The van der Waals surface area contributed by atoms with Crippen LogP contribution in [-0.4, -0.2) is 28.8 Å². The summed E-state index contributed by atoms with van der Waals surface area (Å²) in [6.45, 7) is 4.31. The maximum absolute atomic E-state index is 11.2. The Kier molecular flexibility index (Phi) is 6.26. The second-order valence-electron chi connectivity index (χ2n) is 5.92. The number of aromatic nitrogens is 1. The highest BCUT2D eigenvalue weighted by atomic mass is 32.1. The van der Waals surface area contributed by atoms with E-state index in [1.54, 1.807) is 18.3 Å². The molecular formula is C20H21NO5S. The van der Waals surface area contributed by atoms with E-state index in [0.29, 0.717) is 31.3 Å². The van der Waals surface area contributed by atoms with Crippen LogP contribution in [0, 0.1) is 6.92 Å². The molecule has 0 aliphatic carbocycles. The molecule has 0 saturated heterocycles. The van der Waals surface area contributed by atoms with Crippen LogP contribution in [0.25, 0.3) is 10.8 Å². The summed E-state index contributed by atoms with van der Waals surface area (Å²) in [6, 6.07) is 11.2. The number of carboxylic acids is 1. The minimum Gasteiger partial charge on any atom is -0.487 e. The topological polar surface area (TPSA) is 81.8 Å². The molecule has 2 heterocycles. The van der Waals surface area contributed by atoms with Gasteiger partial charge in [0.05, 0.1) is 4.88 Å². The Morgan fingerprint density at radius 3 is 2.70 bits per heavy atom. The Morgan fingerprint density at radius 2 is 2.07 bits per heavy atom. The molecule has 0 radical (unpaired) electrons. The zero-order chi connectivity index (χ0) is 19.2. The molecule has 7 heteroatoms. The predicted octanol–water partition coefficient (Wildman–Crippen LogP) is 4.32. The molecular weight excluding hydrogens is 366 g/mol. The Hall–Kier alpha value is -2.64. The van der Waals surface area contributed by atoms with Gasteiger partial charge in [0.2, 0.25) is 5.89 Å². The van der Waals surface area contributed by atoms with Crippen molar-refractivity contribution in [2.24, 2.45) is 0 Å². The van der Waals surface area contributed by atoms with E-state index in [1.807, 2.05) is 48.7 Å². The second kappa shape index (κ2) is 8.83. The van der Waals surface area contributed by atoms with Crippen molar-refractivity contribution >= 4 is 17.3 Å². The van der Waals surface area contributed by atoms with Crippen LogP contribution in [0.15, 0.2) is 46.2 Å². The highest BCUT2D eigenvalue weighted by Crippen LogP contribution is 2.26. The van der Waals surface area contributed by atoms with E-state index in [4.69, 9.17) is 19.0 Å². The monoisotopic (exact) mass is 387 g/mol. The first-order valence-electron chi connectivity index (χ1n) is 8.63. The number of hydrogen-bond acceptors (Lipinski definition) is 6. The van der Waals surface area contributed by atoms with Crippen LogP contribution in [0.3, 0.4) is 0 Å². The van der Waals surface area contributed by atoms with Crippen molar-refractivity contribution in [3.63, 3.8) is 0 Å². The van der Waals surface area contributed by atoms with Gasteiger partial charge in [0, 0.05) is 13.0 Å². The fourth-order valence-electron chi connectivity index (χ4n) is 2.57. The molecule has 2 aromatic heterocycles. The quantitative estimate of drug-likeness (QED) is 0.589. The largest absolute Gasteiger partial charge is 0.487 e. The number of oxazole rings is 1. The number of hydrogen-bond donors (Lipinski definition) is 1. The van der Waals surface area contributed by atoms with Crippen molar-refractivity contribution < 1.29 is 23.8 Å². The highest BCUT2D eigenvalue weighted by molar-refractivity contribution is 7.13. The first-order valence-corrected chi connectivity index (χ1v) is 9.51. The Morgan fingerprint density at radius 1 is 1.30 bits per heavy atom. The number of benzene rings is 1. The Bertz CT molecular complexity index is 870. The van der Waals surface area contributed by atoms with Gasteiger partial charge in [-0.3, -0.25) is 0 Å². The normalized spacial score (nSPS) is 12.1. The zero-order valence-corrected chi connectivity index (χ0v) is 16.0. The SMILES string of the molecule is CCO[C@H](Cc1ccc(OCc2nc(-c3cccs3)oc2C)cc1)C(=O)O. The Labute approximate surface area is 161 Å². The van der Waals surface area contributed by atoms with E-state index < -0.39 is 12.1 Å². The molecule has 0 spiro atoms. The van der Waals surface area contributed by atoms with Gasteiger partial charge >= 0.3 is 5.97 Å². The summed E-state index contributed by atoms with van der Waals surface area (Å²) < 4.78 is 16.7. The van der Waals surface area contributed by atoms with Crippen LogP contribution < -0.4 is 4.74 Å². The zero-order valence-electron chi connectivity index (χ0n) is 15.2. The molecule has 0 fully saturated rings. The van der Waals surface area contributed by atoms with Gasteiger partial charge in [0.1, 0.15) is 23.8 Å². The van der Waals surface area contributed by atoms with Gasteiger partial charge in [0.15, 0.2) is 6.10 Å². The van der Waals surface area contributed by atoms with E-state index in [2.05, 4.69) is 4.98 Å². The molecule has 0 amide bonds. The lowest BCUT2D eigenvalue weighted by Gasteiger charge is -2.12. The molecule has 3 rings (SSSR count). The number of aryl methyl sites for hydroxylation is 1. The van der Waals surface area contributed by atoms with Crippen molar-refractivity contribution in [2.45, 2.75) is 33.0 Å². The number of carbonyl (C=O) groups is 1. The minimum atomic E-state index is -0.958. The molecule has 1 aromatic carbocycles. The molecule has 6 nitrogen and oxygen atoms in total. The standard InChI is InChI=1S/C20H21NO5S/c1-3-24-17(20(22)23)11-14-6-8-15(9-7-14)25-12-16-13(2)26-19(21-16)18-5-4-10-27-18/h4-10,17H,3,11-12H2,1-2H3,(H,22,23)/t17-/m1/s1. The summed E-state index contributed by atoms with van der Waals surface area (Å²) in [5.41, 5.74) is 1.63. The molecule has 142 valence electrons. The van der Waals surface area contributed by atoms with Gasteiger partial charge in [-0.1, -0.05) is 18.2 Å². The van der Waals surface area contributed by atoms with Crippen LogP contribution in [0.2, 0.25) is 0 Å². The van der Waals surface area contributed by atoms with Gasteiger partial charge in [0.25, 0.3) is 0 Å². The van der Waals surface area contributed by atoms with E-state index in [0.717, 1.165) is 21.9 Å². The first kappa shape index (κ1) is 19.1. The fraction of sp³-hybridized carbons (Fsp3) is 0.300. The van der Waals surface area contributed by atoms with Crippen LogP contribution in [0.4, 0.5) is 0 Å². The van der Waals surface area contributed by atoms with Gasteiger partial charge in [-0.05, 0) is 43.0 Å². The third kappa shape index (κ3) is 4.96. The molecule has 3 aromatic rings. The van der Waals surface area contributed by atoms with Gasteiger partial charge in [-0.2, -0.15) is 0 Å². The van der Waals surface area contributed by atoms with Crippen LogP contribution in [-0.2, 0) is 22.6 Å². The van der Waals surface area contributed by atoms with Crippen molar-refractivity contribution in [1.29, 1.82) is 0 Å². The van der Waals surface area contributed by atoms with Crippen LogP contribution >= 0.6 is 11.3 Å². The maximum atomic E-state index is 11.2. The summed E-state index contributed by atoms with van der Waals surface area (Å²) in [4.78, 5) is 16.7. The number of rotatable bonds is 9. The second-order valence-corrected chi connectivity index (χ2v) is 6.87. The lowest BCUT2D eigenvalue weighted by atomic mass is 10.1. The molecule has 1 N–H and O–H groups in total. The van der Waals surface area contributed by atoms with Gasteiger partial charge in [-0.15, -0.1) is 11.3 Å². The fourth-order valence-corrected chi connectivity index (χ4v) is 3.22. The van der Waals surface area contributed by atoms with Crippen molar-refractivity contribution in [3.05, 3.63) is 58.8 Å². The lowest BCUT2D eigenvalue weighted by Crippen LogP contribution is -2.26. The number of thiophene rings is 1. The van der Waals surface area contributed by atoms with Crippen molar-refractivity contribution in [1.82, 2.24) is 4.98 Å². The number of carboxylic acid groups (broad SMARTS) is 1. The number of ether oxygens (including phenoxy) is 2. The molecule has 0 saturated carbocycles. The van der Waals surface area contributed by atoms with Gasteiger partial charge < -0.3 is 19.0 Å². The lowest BCUT2D eigenvalue weighted by molar-refractivity contribution is -0.149. The van der Waals surface area contributed by atoms with E-state index in [-0.39, 0.29) is 0 Å². The third-order valence-corrected chi connectivity index (χ3v) is 4.85. The first-order chi connectivity index (χ1) is 13.1. The average molecular weight is 387 g/mol. The summed E-state index contributed by atoms with van der Waals surface area (Å²) in [6.07, 6.45) is -0.522. The maximum Gasteiger partial charge on any atom is 0.333 e. The summed E-state index contributed by atoms with van der Waals surface area (Å²) in [7, 11) is 0. The number of nitrogens with zero attached hydrogens (tertiary/aromatic N) is 1. The Balaban J connectivity index is 1.60. The van der Waals surface area contributed by atoms with E-state index >= 15 is 0 Å². The summed E-state index contributed by atoms with van der Waals surface area (Å²) >= 11 is 1.58. The summed E-state index contributed by atoms with van der Waals surface area (Å²) in [5.74, 6) is 1.06. The molecule has 0 aliphatic heterocycles. The molecule has 0 bridgehead atoms. The molecule has 27 heavy (non-hydrogen) atoms. The van der Waals surface area contributed by atoms with Crippen molar-refractivity contribution in [3.8, 4) is 16.5 Å².